The summed E-state index contributed by atoms with van der Waals surface area (Å²) in [5.74, 6) is -1.65. The number of amides is 2. The average Bonchev–Trinajstić information content (AvgIpc) is 2.97. The van der Waals surface area contributed by atoms with Gasteiger partial charge in [0.15, 0.2) is 5.82 Å². The third-order valence-corrected chi connectivity index (χ3v) is 7.16. The average molecular weight is 587 g/mol. The number of carbonyl (C=O) groups is 2. The SMILES string of the molecule is C=C(Nc1ccc(N2CCOCC2)c(N)c1)C(=O)N(C)/C=C(\N)c1cccc(NC(=O)c2ccc(C(C)(C)C)cc2)c1F. The van der Waals surface area contributed by atoms with Crippen molar-refractivity contribution < 1.29 is 18.7 Å². The summed E-state index contributed by atoms with van der Waals surface area (Å²) in [5, 5.41) is 5.59. The third-order valence-electron chi connectivity index (χ3n) is 7.16. The number of ether oxygens (including phenoxy) is 1. The molecule has 3 aromatic rings. The summed E-state index contributed by atoms with van der Waals surface area (Å²) in [6.07, 6.45) is 1.31. The van der Waals surface area contributed by atoms with Crippen LogP contribution in [-0.4, -0.2) is 50.1 Å². The van der Waals surface area contributed by atoms with Crippen molar-refractivity contribution in [1.82, 2.24) is 4.90 Å². The number of anilines is 4. The molecule has 0 bridgehead atoms. The fraction of sp³-hybridized carbons (Fsp3) is 0.273. The second-order valence-corrected chi connectivity index (χ2v) is 11.4. The molecule has 0 spiro atoms. The van der Waals surface area contributed by atoms with Crippen molar-refractivity contribution in [2.75, 3.05) is 54.6 Å². The molecule has 1 fully saturated rings. The lowest BCUT2D eigenvalue weighted by molar-refractivity contribution is -0.123. The summed E-state index contributed by atoms with van der Waals surface area (Å²) in [6.45, 7) is 12.9. The Bertz CT molecular complexity index is 1540. The van der Waals surface area contributed by atoms with Crippen molar-refractivity contribution in [3.63, 3.8) is 0 Å². The third kappa shape index (κ3) is 7.52. The standard InChI is InChI=1S/C33H39FN6O3/c1-21(37-24-13-14-29(26(35)19-24)40-15-17-43-18-16-40)32(42)39(5)20-27(36)25-7-6-8-28(30(25)34)38-31(41)22-9-11-23(12-10-22)33(2,3)4/h6-14,19-20,37H,1,15-18,35-36H2,2-5H3,(H,38,41)/b27-20-. The first-order valence-electron chi connectivity index (χ1n) is 14.0. The summed E-state index contributed by atoms with van der Waals surface area (Å²) in [7, 11) is 1.49. The number of benzene rings is 3. The number of carbonyl (C=O) groups excluding carboxylic acids is 2. The highest BCUT2D eigenvalue weighted by molar-refractivity contribution is 6.04. The molecule has 0 aromatic heterocycles. The minimum atomic E-state index is -0.718. The summed E-state index contributed by atoms with van der Waals surface area (Å²) in [5.41, 5.74) is 16.0. The summed E-state index contributed by atoms with van der Waals surface area (Å²) in [4.78, 5) is 29.2. The van der Waals surface area contributed by atoms with Crippen molar-refractivity contribution in [1.29, 1.82) is 0 Å². The fourth-order valence-corrected chi connectivity index (χ4v) is 4.67. The molecule has 2 amide bonds. The number of morpholine rings is 1. The number of likely N-dealkylation sites (N-methyl/N-ethyl adjacent to an activating group) is 1. The Morgan fingerprint density at radius 2 is 1.72 bits per heavy atom. The van der Waals surface area contributed by atoms with Crippen LogP contribution in [0.1, 0.15) is 42.3 Å². The predicted molar refractivity (Wildman–Crippen MR) is 171 cm³/mol. The highest BCUT2D eigenvalue weighted by Crippen LogP contribution is 2.28. The van der Waals surface area contributed by atoms with Crippen molar-refractivity contribution in [3.8, 4) is 0 Å². The minimum absolute atomic E-state index is 0.00844. The van der Waals surface area contributed by atoms with Gasteiger partial charge in [0.05, 0.1) is 41.7 Å². The molecule has 0 atom stereocenters. The van der Waals surface area contributed by atoms with Crippen molar-refractivity contribution in [2.45, 2.75) is 26.2 Å². The summed E-state index contributed by atoms with van der Waals surface area (Å²) >= 11 is 0. The van der Waals surface area contributed by atoms with Gasteiger partial charge in [-0.3, -0.25) is 9.59 Å². The van der Waals surface area contributed by atoms with Crippen molar-refractivity contribution in [2.24, 2.45) is 5.73 Å². The largest absolute Gasteiger partial charge is 0.397 e. The van der Waals surface area contributed by atoms with Gasteiger partial charge in [-0.25, -0.2) is 4.39 Å². The zero-order chi connectivity index (χ0) is 31.3. The molecule has 4 rings (SSSR count). The molecule has 6 N–H and O–H groups in total. The van der Waals surface area contributed by atoms with Gasteiger partial charge in [0.2, 0.25) is 0 Å². The maximum Gasteiger partial charge on any atom is 0.273 e. The van der Waals surface area contributed by atoms with Gasteiger partial charge in [-0.2, -0.15) is 0 Å². The number of hydrogen-bond donors (Lipinski definition) is 4. The van der Waals surface area contributed by atoms with Gasteiger partial charge < -0.3 is 36.6 Å². The van der Waals surface area contributed by atoms with Crippen LogP contribution >= 0.6 is 0 Å². The zero-order valence-corrected chi connectivity index (χ0v) is 25.0. The number of halogens is 1. The lowest BCUT2D eigenvalue weighted by Crippen LogP contribution is -2.36. The first kappa shape index (κ1) is 31.1. The molecule has 9 nitrogen and oxygen atoms in total. The second-order valence-electron chi connectivity index (χ2n) is 11.4. The van der Waals surface area contributed by atoms with Gasteiger partial charge in [0.25, 0.3) is 11.8 Å². The van der Waals surface area contributed by atoms with Gasteiger partial charge in [-0.1, -0.05) is 45.5 Å². The number of rotatable bonds is 8. The van der Waals surface area contributed by atoms with Crippen LogP contribution in [0.5, 0.6) is 0 Å². The van der Waals surface area contributed by atoms with Crippen LogP contribution in [0.4, 0.5) is 27.1 Å². The molecule has 0 aliphatic carbocycles. The van der Waals surface area contributed by atoms with Gasteiger partial charge in [0.1, 0.15) is 0 Å². The van der Waals surface area contributed by atoms with Gasteiger partial charge in [-0.15, -0.1) is 0 Å². The Balaban J connectivity index is 1.41. The van der Waals surface area contributed by atoms with E-state index in [4.69, 9.17) is 16.2 Å². The Hall–Kier alpha value is -4.83. The van der Waals surface area contributed by atoms with Crippen LogP contribution < -0.4 is 27.0 Å². The number of hydrogen-bond acceptors (Lipinski definition) is 7. The normalized spacial score (nSPS) is 13.8. The van der Waals surface area contributed by atoms with Crippen LogP contribution in [0.3, 0.4) is 0 Å². The van der Waals surface area contributed by atoms with E-state index in [0.717, 1.165) is 24.3 Å². The molecule has 226 valence electrons. The molecule has 1 aliphatic rings. The minimum Gasteiger partial charge on any atom is -0.397 e. The molecule has 0 radical (unpaired) electrons. The Labute approximate surface area is 252 Å². The number of nitrogens with one attached hydrogen (secondary N) is 2. The molecule has 3 aromatic carbocycles. The van der Waals surface area contributed by atoms with E-state index >= 15 is 4.39 Å². The summed E-state index contributed by atoms with van der Waals surface area (Å²) in [6, 6.07) is 17.1. The van der Waals surface area contributed by atoms with E-state index in [1.807, 2.05) is 24.3 Å². The molecular weight excluding hydrogens is 547 g/mol. The van der Waals surface area contributed by atoms with E-state index in [0.29, 0.717) is 30.2 Å². The Morgan fingerprint density at radius 3 is 2.35 bits per heavy atom. The van der Waals surface area contributed by atoms with Crippen LogP contribution in [0.25, 0.3) is 5.70 Å². The Kier molecular flexibility index (Phi) is 9.40. The highest BCUT2D eigenvalue weighted by Gasteiger charge is 2.19. The van der Waals surface area contributed by atoms with E-state index in [1.54, 1.807) is 24.3 Å². The quantitative estimate of drug-likeness (QED) is 0.213. The molecule has 1 heterocycles. The molecular formula is C33H39FN6O3. The van der Waals surface area contributed by atoms with Crippen molar-refractivity contribution in [3.05, 3.63) is 102 Å². The smallest absolute Gasteiger partial charge is 0.273 e. The molecule has 0 unspecified atom stereocenters. The molecule has 10 heteroatoms. The highest BCUT2D eigenvalue weighted by atomic mass is 19.1. The number of nitrogens with zero attached hydrogens (tertiary/aromatic N) is 2. The maximum atomic E-state index is 15.4. The number of nitrogen functional groups attached to an aromatic ring is 1. The molecule has 1 aliphatic heterocycles. The van der Waals surface area contributed by atoms with Crippen LogP contribution in [-0.2, 0) is 14.9 Å². The first-order chi connectivity index (χ1) is 20.3. The van der Waals surface area contributed by atoms with Gasteiger partial charge in [-0.05, 0) is 53.4 Å². The van der Waals surface area contributed by atoms with Crippen molar-refractivity contribution >= 4 is 40.3 Å². The van der Waals surface area contributed by atoms with E-state index < -0.39 is 17.6 Å². The fourth-order valence-electron chi connectivity index (χ4n) is 4.67. The van der Waals surface area contributed by atoms with Gasteiger partial charge in [0, 0.05) is 43.2 Å². The van der Waals surface area contributed by atoms with E-state index in [9.17, 15) is 9.59 Å². The van der Waals surface area contributed by atoms with E-state index in [-0.39, 0.29) is 28.1 Å². The lowest BCUT2D eigenvalue weighted by atomic mass is 9.87. The topological polar surface area (TPSA) is 126 Å². The lowest BCUT2D eigenvalue weighted by Gasteiger charge is -2.30. The van der Waals surface area contributed by atoms with Crippen LogP contribution in [0, 0.1) is 5.82 Å². The second kappa shape index (κ2) is 13.0. The maximum absolute atomic E-state index is 15.4. The number of nitrogens with two attached hydrogens (primary N) is 2. The molecule has 1 saturated heterocycles. The van der Waals surface area contributed by atoms with Gasteiger partial charge >= 0.3 is 0 Å². The van der Waals surface area contributed by atoms with Crippen LogP contribution in [0.2, 0.25) is 0 Å². The van der Waals surface area contributed by atoms with Crippen LogP contribution in [0.15, 0.2) is 79.1 Å². The zero-order valence-electron chi connectivity index (χ0n) is 25.0. The molecule has 43 heavy (non-hydrogen) atoms. The summed E-state index contributed by atoms with van der Waals surface area (Å²) < 4.78 is 20.8. The van der Waals surface area contributed by atoms with E-state index in [1.165, 1.54) is 30.3 Å². The van der Waals surface area contributed by atoms with E-state index in [2.05, 4.69) is 42.9 Å². The Morgan fingerprint density at radius 1 is 1.05 bits per heavy atom. The predicted octanol–water partition coefficient (Wildman–Crippen LogP) is 5.14. The first-order valence-corrected chi connectivity index (χ1v) is 14.0. The monoisotopic (exact) mass is 586 g/mol. The molecule has 0 saturated carbocycles.